The van der Waals surface area contributed by atoms with Gasteiger partial charge in [0.05, 0.1) is 14.2 Å². The molecule has 0 atom stereocenters. The first kappa shape index (κ1) is 18.0. The summed E-state index contributed by atoms with van der Waals surface area (Å²) in [6, 6.07) is 10.3. The van der Waals surface area contributed by atoms with E-state index in [4.69, 9.17) is 9.47 Å². The Hall–Kier alpha value is -3.35. The highest BCUT2D eigenvalue weighted by Crippen LogP contribution is 2.27. The Morgan fingerprint density at radius 3 is 2.28 bits per heavy atom. The van der Waals surface area contributed by atoms with Crippen LogP contribution in [-0.2, 0) is 4.79 Å². The third-order valence-corrected chi connectivity index (χ3v) is 3.24. The normalized spacial score (nSPS) is 10.4. The van der Waals surface area contributed by atoms with E-state index in [2.05, 4.69) is 10.9 Å². The van der Waals surface area contributed by atoms with Crippen LogP contribution < -0.4 is 20.3 Å². The van der Waals surface area contributed by atoms with E-state index in [9.17, 15) is 14.0 Å². The second kappa shape index (κ2) is 8.49. The summed E-state index contributed by atoms with van der Waals surface area (Å²) in [5.41, 5.74) is 5.49. The molecule has 2 aromatic carbocycles. The van der Waals surface area contributed by atoms with Crippen molar-refractivity contribution in [2.24, 2.45) is 0 Å². The number of carbonyl (C=O) groups excluding carboxylic acids is 2. The van der Waals surface area contributed by atoms with Gasteiger partial charge >= 0.3 is 0 Å². The lowest BCUT2D eigenvalue weighted by Gasteiger charge is -2.10. The lowest BCUT2D eigenvalue weighted by molar-refractivity contribution is -0.117. The van der Waals surface area contributed by atoms with Crippen LogP contribution in [0.5, 0.6) is 11.5 Å². The van der Waals surface area contributed by atoms with Gasteiger partial charge in [0.2, 0.25) is 0 Å². The second-order valence-electron chi connectivity index (χ2n) is 4.90. The van der Waals surface area contributed by atoms with Crippen LogP contribution in [0.2, 0.25) is 0 Å². The van der Waals surface area contributed by atoms with E-state index < -0.39 is 11.8 Å². The lowest BCUT2D eigenvalue weighted by Crippen LogP contribution is -2.40. The Kier molecular flexibility index (Phi) is 6.11. The van der Waals surface area contributed by atoms with Gasteiger partial charge in [0, 0.05) is 11.6 Å². The maximum absolute atomic E-state index is 12.8. The van der Waals surface area contributed by atoms with Crippen molar-refractivity contribution in [3.63, 3.8) is 0 Å². The molecule has 0 aliphatic rings. The summed E-state index contributed by atoms with van der Waals surface area (Å²) < 4.78 is 23.0. The molecular formula is C18H17FN2O4. The zero-order chi connectivity index (χ0) is 18.2. The first-order chi connectivity index (χ1) is 12.0. The van der Waals surface area contributed by atoms with Crippen molar-refractivity contribution in [2.45, 2.75) is 0 Å². The zero-order valence-electron chi connectivity index (χ0n) is 13.7. The maximum Gasteiger partial charge on any atom is 0.269 e. The molecule has 0 saturated heterocycles. The first-order valence-electron chi connectivity index (χ1n) is 7.29. The molecule has 7 heteroatoms. The maximum atomic E-state index is 12.8. The number of amides is 2. The van der Waals surface area contributed by atoms with Crippen LogP contribution in [0.15, 0.2) is 48.5 Å². The van der Waals surface area contributed by atoms with E-state index in [0.29, 0.717) is 22.6 Å². The number of hydrogen-bond donors (Lipinski definition) is 2. The molecule has 2 rings (SSSR count). The largest absolute Gasteiger partial charge is 0.493 e. The molecule has 0 fully saturated rings. The topological polar surface area (TPSA) is 76.7 Å². The average molecular weight is 344 g/mol. The van der Waals surface area contributed by atoms with Crippen molar-refractivity contribution in [3.05, 3.63) is 65.5 Å². The van der Waals surface area contributed by atoms with E-state index in [1.54, 1.807) is 6.07 Å². The van der Waals surface area contributed by atoms with Crippen molar-refractivity contribution in [3.8, 4) is 11.5 Å². The minimum Gasteiger partial charge on any atom is -0.493 e. The minimum absolute atomic E-state index is 0.292. The minimum atomic E-state index is -0.529. The van der Waals surface area contributed by atoms with E-state index >= 15 is 0 Å². The fourth-order valence-corrected chi connectivity index (χ4v) is 1.96. The number of methoxy groups -OCH3 is 2. The van der Waals surface area contributed by atoms with Crippen LogP contribution in [0.1, 0.15) is 15.9 Å². The smallest absolute Gasteiger partial charge is 0.269 e. The molecular weight excluding hydrogens is 327 g/mol. The van der Waals surface area contributed by atoms with Gasteiger partial charge < -0.3 is 9.47 Å². The Bertz CT molecular complexity index is 788. The molecule has 0 radical (unpaired) electrons. The predicted octanol–water partition coefficient (Wildman–Crippen LogP) is 2.32. The monoisotopic (exact) mass is 344 g/mol. The molecule has 6 nitrogen and oxygen atoms in total. The summed E-state index contributed by atoms with van der Waals surface area (Å²) in [5, 5.41) is 0. The highest BCUT2D eigenvalue weighted by atomic mass is 19.1. The fourth-order valence-electron chi connectivity index (χ4n) is 1.96. The number of carbonyl (C=O) groups is 2. The third kappa shape index (κ3) is 5.07. The molecule has 0 aromatic heterocycles. The summed E-state index contributed by atoms with van der Waals surface area (Å²) in [7, 11) is 2.95. The summed E-state index contributed by atoms with van der Waals surface area (Å²) >= 11 is 0. The molecule has 2 amide bonds. The van der Waals surface area contributed by atoms with E-state index in [1.807, 2.05) is 0 Å². The van der Waals surface area contributed by atoms with Gasteiger partial charge in [-0.15, -0.1) is 0 Å². The number of ether oxygens (including phenoxy) is 2. The Morgan fingerprint density at radius 1 is 0.960 bits per heavy atom. The van der Waals surface area contributed by atoms with Gasteiger partial charge in [-0.1, -0.05) is 12.1 Å². The van der Waals surface area contributed by atoms with Crippen molar-refractivity contribution >= 4 is 17.9 Å². The van der Waals surface area contributed by atoms with Gasteiger partial charge in [-0.3, -0.25) is 20.4 Å². The standard InChI is InChI=1S/C18H17FN2O4/c1-24-15-9-6-13(11-16(15)25-2)18(23)21-20-17(22)10-5-12-3-7-14(19)8-4-12/h3-11H,1-2H3,(H,20,22)(H,21,23)/b10-5+. The molecule has 0 spiro atoms. The van der Waals surface area contributed by atoms with Crippen molar-refractivity contribution in [1.82, 2.24) is 10.9 Å². The van der Waals surface area contributed by atoms with Crippen LogP contribution in [0.4, 0.5) is 4.39 Å². The Balaban J connectivity index is 1.92. The summed E-state index contributed by atoms with van der Waals surface area (Å²) in [6.07, 6.45) is 2.72. The zero-order valence-corrected chi connectivity index (χ0v) is 13.7. The van der Waals surface area contributed by atoms with Gasteiger partial charge in [-0.25, -0.2) is 4.39 Å². The molecule has 0 heterocycles. The molecule has 0 unspecified atom stereocenters. The van der Waals surface area contributed by atoms with Crippen molar-refractivity contribution in [2.75, 3.05) is 14.2 Å². The highest BCUT2D eigenvalue weighted by molar-refractivity contribution is 5.98. The number of benzene rings is 2. The molecule has 2 aromatic rings. The third-order valence-electron chi connectivity index (χ3n) is 3.24. The van der Waals surface area contributed by atoms with E-state index in [0.717, 1.165) is 0 Å². The lowest BCUT2D eigenvalue weighted by atomic mass is 10.2. The molecule has 0 aliphatic heterocycles. The summed E-state index contributed by atoms with van der Waals surface area (Å²) in [6.45, 7) is 0. The molecule has 2 N–H and O–H groups in total. The molecule has 0 bridgehead atoms. The van der Waals surface area contributed by atoms with Crippen LogP contribution in [-0.4, -0.2) is 26.0 Å². The van der Waals surface area contributed by atoms with E-state index in [-0.39, 0.29) is 5.82 Å². The van der Waals surface area contributed by atoms with E-state index in [1.165, 1.54) is 62.8 Å². The molecule has 0 aliphatic carbocycles. The predicted molar refractivity (Wildman–Crippen MR) is 90.6 cm³/mol. The van der Waals surface area contributed by atoms with Gasteiger partial charge in [0.1, 0.15) is 5.82 Å². The van der Waals surface area contributed by atoms with Crippen molar-refractivity contribution in [1.29, 1.82) is 0 Å². The number of hydrogen-bond acceptors (Lipinski definition) is 4. The summed E-state index contributed by atoms with van der Waals surface area (Å²) in [4.78, 5) is 23.8. The SMILES string of the molecule is COc1ccc(C(=O)NNC(=O)/C=C/c2ccc(F)cc2)cc1OC. The highest BCUT2D eigenvalue weighted by Gasteiger charge is 2.10. The Labute approximate surface area is 144 Å². The molecule has 25 heavy (non-hydrogen) atoms. The quantitative estimate of drug-likeness (QED) is 0.645. The number of halogens is 1. The number of nitrogens with one attached hydrogen (secondary N) is 2. The first-order valence-corrected chi connectivity index (χ1v) is 7.29. The summed E-state index contributed by atoms with van der Waals surface area (Å²) in [5.74, 6) is -0.505. The van der Waals surface area contributed by atoms with Gasteiger partial charge in [-0.05, 0) is 42.0 Å². The number of rotatable bonds is 5. The Morgan fingerprint density at radius 2 is 1.64 bits per heavy atom. The molecule has 0 saturated carbocycles. The molecule has 130 valence electrons. The van der Waals surface area contributed by atoms with Crippen LogP contribution in [0.3, 0.4) is 0 Å². The second-order valence-corrected chi connectivity index (χ2v) is 4.90. The number of hydrazine groups is 1. The fraction of sp³-hybridized carbons (Fsp3) is 0.111. The van der Waals surface area contributed by atoms with Crippen molar-refractivity contribution < 1.29 is 23.5 Å². The van der Waals surface area contributed by atoms with Gasteiger partial charge in [0.25, 0.3) is 11.8 Å². The van der Waals surface area contributed by atoms with Crippen LogP contribution in [0, 0.1) is 5.82 Å². The average Bonchev–Trinajstić information content (AvgIpc) is 2.64. The van der Waals surface area contributed by atoms with Gasteiger partial charge in [0.15, 0.2) is 11.5 Å². The van der Waals surface area contributed by atoms with Crippen LogP contribution >= 0.6 is 0 Å². The van der Waals surface area contributed by atoms with Crippen LogP contribution in [0.25, 0.3) is 6.08 Å². The van der Waals surface area contributed by atoms with Gasteiger partial charge in [-0.2, -0.15) is 0 Å².